The third-order valence-corrected chi connectivity index (χ3v) is 3.14. The summed E-state index contributed by atoms with van der Waals surface area (Å²) in [6, 6.07) is 7.78. The number of rotatable bonds is 6. The number of hydrogen-bond acceptors (Lipinski definition) is 1. The summed E-state index contributed by atoms with van der Waals surface area (Å²) in [5.41, 5.74) is 2.04. The highest BCUT2D eigenvalue weighted by molar-refractivity contribution is 5.76. The Labute approximate surface area is 104 Å². The molecule has 1 aromatic rings. The number of carbonyl (C=O) groups is 1. The maximum absolute atomic E-state index is 11.3. The van der Waals surface area contributed by atoms with Crippen molar-refractivity contribution in [3.05, 3.63) is 35.4 Å². The molecule has 2 nitrogen and oxygen atoms in total. The summed E-state index contributed by atoms with van der Waals surface area (Å²) in [5.74, 6) is -0.417. The maximum Gasteiger partial charge on any atom is 0.310 e. The van der Waals surface area contributed by atoms with E-state index in [-0.39, 0.29) is 5.92 Å². The molecule has 1 N–H and O–H groups in total. The quantitative estimate of drug-likeness (QED) is 0.808. The van der Waals surface area contributed by atoms with E-state index in [2.05, 4.69) is 13.8 Å². The minimum absolute atomic E-state index is 0.352. The van der Waals surface area contributed by atoms with Gasteiger partial charge in [-0.2, -0.15) is 0 Å². The smallest absolute Gasteiger partial charge is 0.310 e. The molecule has 94 valence electrons. The average Bonchev–Trinajstić information content (AvgIpc) is 2.25. The van der Waals surface area contributed by atoms with Crippen LogP contribution in [0.2, 0.25) is 0 Å². The molecule has 0 aromatic heterocycles. The van der Waals surface area contributed by atoms with Crippen molar-refractivity contribution in [2.45, 2.75) is 46.0 Å². The summed E-state index contributed by atoms with van der Waals surface area (Å²) in [7, 11) is 0. The van der Waals surface area contributed by atoms with E-state index in [4.69, 9.17) is 0 Å². The number of benzene rings is 1. The SMILES string of the molecule is Cc1ccccc1C(CCCC(C)C)C(=O)O. The molecule has 0 fully saturated rings. The normalized spacial score (nSPS) is 12.7. The molecule has 0 saturated carbocycles. The Hall–Kier alpha value is -1.31. The van der Waals surface area contributed by atoms with Crippen molar-refractivity contribution in [1.82, 2.24) is 0 Å². The fraction of sp³-hybridized carbons (Fsp3) is 0.533. The average molecular weight is 234 g/mol. The highest BCUT2D eigenvalue weighted by Gasteiger charge is 2.20. The number of carboxylic acid groups (broad SMARTS) is 1. The Morgan fingerprint density at radius 3 is 2.41 bits per heavy atom. The molecule has 0 saturated heterocycles. The van der Waals surface area contributed by atoms with Gasteiger partial charge in [-0.25, -0.2) is 0 Å². The lowest BCUT2D eigenvalue weighted by atomic mass is 9.89. The number of hydrogen-bond donors (Lipinski definition) is 1. The third-order valence-electron chi connectivity index (χ3n) is 3.14. The number of aryl methyl sites for hydroxylation is 1. The van der Waals surface area contributed by atoms with Gasteiger partial charge in [0.05, 0.1) is 5.92 Å². The van der Waals surface area contributed by atoms with Crippen LogP contribution in [0.5, 0.6) is 0 Å². The van der Waals surface area contributed by atoms with E-state index in [9.17, 15) is 9.90 Å². The molecule has 0 heterocycles. The van der Waals surface area contributed by atoms with E-state index >= 15 is 0 Å². The molecule has 1 rings (SSSR count). The molecular weight excluding hydrogens is 212 g/mol. The lowest BCUT2D eigenvalue weighted by Gasteiger charge is -2.15. The van der Waals surface area contributed by atoms with Gasteiger partial charge in [0.2, 0.25) is 0 Å². The third kappa shape index (κ3) is 4.22. The number of aliphatic carboxylic acids is 1. The van der Waals surface area contributed by atoms with Gasteiger partial charge in [-0.1, -0.05) is 51.0 Å². The predicted octanol–water partition coefficient (Wildman–Crippen LogP) is 3.99. The van der Waals surface area contributed by atoms with E-state index < -0.39 is 5.97 Å². The molecule has 1 aromatic carbocycles. The van der Waals surface area contributed by atoms with Gasteiger partial charge in [-0.3, -0.25) is 4.79 Å². The summed E-state index contributed by atoms with van der Waals surface area (Å²) in [5, 5.41) is 9.32. The Kier molecular flexibility index (Phi) is 5.20. The van der Waals surface area contributed by atoms with Gasteiger partial charge in [0.15, 0.2) is 0 Å². The van der Waals surface area contributed by atoms with Gasteiger partial charge in [-0.05, 0) is 30.4 Å². The van der Waals surface area contributed by atoms with Crippen LogP contribution in [0.15, 0.2) is 24.3 Å². The molecule has 0 spiro atoms. The second-order valence-corrected chi connectivity index (χ2v) is 5.07. The predicted molar refractivity (Wildman–Crippen MR) is 70.2 cm³/mol. The van der Waals surface area contributed by atoms with Crippen LogP contribution in [0, 0.1) is 12.8 Å². The Morgan fingerprint density at radius 2 is 1.88 bits per heavy atom. The van der Waals surface area contributed by atoms with Crippen molar-refractivity contribution in [2.75, 3.05) is 0 Å². The van der Waals surface area contributed by atoms with Crippen LogP contribution < -0.4 is 0 Å². The number of carboxylic acids is 1. The lowest BCUT2D eigenvalue weighted by molar-refractivity contribution is -0.139. The van der Waals surface area contributed by atoms with E-state index in [1.165, 1.54) is 0 Å². The molecule has 0 aliphatic rings. The minimum Gasteiger partial charge on any atom is -0.481 e. The van der Waals surface area contributed by atoms with Crippen molar-refractivity contribution in [3.8, 4) is 0 Å². The Balaban J connectivity index is 2.73. The van der Waals surface area contributed by atoms with Crippen molar-refractivity contribution in [3.63, 3.8) is 0 Å². The van der Waals surface area contributed by atoms with Gasteiger partial charge in [0.1, 0.15) is 0 Å². The zero-order valence-corrected chi connectivity index (χ0v) is 10.9. The largest absolute Gasteiger partial charge is 0.481 e. The van der Waals surface area contributed by atoms with E-state index in [1.807, 2.05) is 31.2 Å². The van der Waals surface area contributed by atoms with Gasteiger partial charge < -0.3 is 5.11 Å². The van der Waals surface area contributed by atoms with Crippen LogP contribution >= 0.6 is 0 Å². The van der Waals surface area contributed by atoms with Gasteiger partial charge in [0.25, 0.3) is 0 Å². The Bertz CT molecular complexity index is 369. The molecular formula is C15H22O2. The minimum atomic E-state index is -0.706. The zero-order valence-electron chi connectivity index (χ0n) is 10.9. The van der Waals surface area contributed by atoms with Crippen molar-refractivity contribution in [2.24, 2.45) is 5.92 Å². The van der Waals surface area contributed by atoms with Crippen molar-refractivity contribution >= 4 is 5.97 Å². The van der Waals surface area contributed by atoms with Crippen LogP contribution in [0.3, 0.4) is 0 Å². The van der Waals surface area contributed by atoms with Gasteiger partial charge in [-0.15, -0.1) is 0 Å². The first kappa shape index (κ1) is 13.8. The summed E-state index contributed by atoms with van der Waals surface area (Å²) in [6.45, 7) is 6.32. The molecule has 2 heteroatoms. The summed E-state index contributed by atoms with van der Waals surface area (Å²) in [4.78, 5) is 11.3. The van der Waals surface area contributed by atoms with Crippen molar-refractivity contribution in [1.29, 1.82) is 0 Å². The first-order valence-electron chi connectivity index (χ1n) is 6.30. The molecule has 1 atom stereocenters. The van der Waals surface area contributed by atoms with Crippen LogP contribution in [0.4, 0.5) is 0 Å². The Morgan fingerprint density at radius 1 is 1.24 bits per heavy atom. The fourth-order valence-corrected chi connectivity index (χ4v) is 2.12. The summed E-state index contributed by atoms with van der Waals surface area (Å²) >= 11 is 0. The molecule has 0 aliphatic heterocycles. The first-order chi connectivity index (χ1) is 8.02. The molecule has 1 unspecified atom stereocenters. The fourth-order valence-electron chi connectivity index (χ4n) is 2.12. The van der Waals surface area contributed by atoms with Crippen LogP contribution in [-0.2, 0) is 4.79 Å². The molecule has 17 heavy (non-hydrogen) atoms. The van der Waals surface area contributed by atoms with Gasteiger partial charge in [0, 0.05) is 0 Å². The first-order valence-corrected chi connectivity index (χ1v) is 6.30. The molecule has 0 amide bonds. The molecule has 0 radical (unpaired) electrons. The summed E-state index contributed by atoms with van der Waals surface area (Å²) < 4.78 is 0. The van der Waals surface area contributed by atoms with Gasteiger partial charge >= 0.3 is 5.97 Å². The second kappa shape index (κ2) is 6.43. The highest BCUT2D eigenvalue weighted by Crippen LogP contribution is 2.26. The molecule has 0 bridgehead atoms. The van der Waals surface area contributed by atoms with E-state index in [0.717, 1.165) is 30.4 Å². The summed E-state index contributed by atoms with van der Waals surface area (Å²) in [6.07, 6.45) is 2.80. The van der Waals surface area contributed by atoms with E-state index in [1.54, 1.807) is 0 Å². The van der Waals surface area contributed by atoms with Crippen LogP contribution in [-0.4, -0.2) is 11.1 Å². The van der Waals surface area contributed by atoms with E-state index in [0.29, 0.717) is 5.92 Å². The second-order valence-electron chi connectivity index (χ2n) is 5.07. The zero-order chi connectivity index (χ0) is 12.8. The van der Waals surface area contributed by atoms with Crippen LogP contribution in [0.1, 0.15) is 50.2 Å². The monoisotopic (exact) mass is 234 g/mol. The molecule has 0 aliphatic carbocycles. The highest BCUT2D eigenvalue weighted by atomic mass is 16.4. The maximum atomic E-state index is 11.3. The van der Waals surface area contributed by atoms with Crippen molar-refractivity contribution < 1.29 is 9.90 Å². The van der Waals surface area contributed by atoms with Crippen LogP contribution in [0.25, 0.3) is 0 Å². The standard InChI is InChI=1S/C15H22O2/c1-11(2)7-6-10-14(15(16)17)13-9-5-4-8-12(13)3/h4-5,8-9,11,14H,6-7,10H2,1-3H3,(H,16,17). The lowest BCUT2D eigenvalue weighted by Crippen LogP contribution is -2.13. The topological polar surface area (TPSA) is 37.3 Å².